The average Bonchev–Trinajstić information content (AvgIpc) is 3.22. The van der Waals surface area contributed by atoms with Crippen molar-refractivity contribution in [3.05, 3.63) is 45.7 Å². The Kier molecular flexibility index (Phi) is 3.30. The van der Waals surface area contributed by atoms with Crippen LogP contribution in [0.4, 0.5) is 0 Å². The number of nitrogens with zero attached hydrogens (tertiary/aromatic N) is 2. The topological polar surface area (TPSA) is 63.1 Å². The molecule has 0 aliphatic heterocycles. The molecule has 3 rings (SSSR count). The summed E-state index contributed by atoms with van der Waals surface area (Å²) in [5.74, 6) is -0.114. The van der Waals surface area contributed by atoms with E-state index in [0.717, 1.165) is 28.4 Å². The molecule has 0 bridgehead atoms. The van der Waals surface area contributed by atoms with Crippen molar-refractivity contribution >= 4 is 21.9 Å². The monoisotopic (exact) mass is 332 g/mol. The van der Waals surface area contributed by atoms with Crippen molar-refractivity contribution in [1.82, 2.24) is 9.97 Å². The molecule has 1 N–H and O–H groups in total. The third kappa shape index (κ3) is 2.45. The molecule has 102 valence electrons. The SMILES string of the molecule is Cc1ccc(-c2ncc(C(=O)O)c(C3CC3)n2)c(Br)c1. The average molecular weight is 333 g/mol. The normalized spacial score (nSPS) is 14.3. The molecule has 0 saturated heterocycles. The van der Waals surface area contributed by atoms with Gasteiger partial charge in [0.25, 0.3) is 0 Å². The summed E-state index contributed by atoms with van der Waals surface area (Å²) in [6, 6.07) is 5.94. The fourth-order valence-corrected chi connectivity index (χ4v) is 2.83. The van der Waals surface area contributed by atoms with Crippen molar-refractivity contribution in [1.29, 1.82) is 0 Å². The van der Waals surface area contributed by atoms with Crippen LogP contribution in [0.5, 0.6) is 0 Å². The van der Waals surface area contributed by atoms with E-state index in [1.807, 2.05) is 25.1 Å². The summed E-state index contributed by atoms with van der Waals surface area (Å²) < 4.78 is 0.919. The van der Waals surface area contributed by atoms with Gasteiger partial charge in [-0.1, -0.05) is 22.0 Å². The second-order valence-corrected chi connectivity index (χ2v) is 5.91. The first kappa shape index (κ1) is 13.2. The Morgan fingerprint density at radius 1 is 1.40 bits per heavy atom. The van der Waals surface area contributed by atoms with Gasteiger partial charge in [-0.05, 0) is 37.5 Å². The molecule has 4 nitrogen and oxygen atoms in total. The van der Waals surface area contributed by atoms with E-state index in [1.54, 1.807) is 0 Å². The summed E-state index contributed by atoms with van der Waals surface area (Å²) in [4.78, 5) is 19.9. The lowest BCUT2D eigenvalue weighted by Crippen LogP contribution is -2.06. The van der Waals surface area contributed by atoms with E-state index in [4.69, 9.17) is 0 Å². The fourth-order valence-electron chi connectivity index (χ4n) is 2.16. The van der Waals surface area contributed by atoms with Gasteiger partial charge in [0.1, 0.15) is 0 Å². The first-order valence-electron chi connectivity index (χ1n) is 6.43. The molecule has 0 atom stereocenters. The maximum Gasteiger partial charge on any atom is 0.339 e. The largest absolute Gasteiger partial charge is 0.478 e. The summed E-state index contributed by atoms with van der Waals surface area (Å²) in [5.41, 5.74) is 2.91. The highest BCUT2D eigenvalue weighted by Gasteiger charge is 2.30. The smallest absolute Gasteiger partial charge is 0.339 e. The maximum absolute atomic E-state index is 11.2. The molecule has 1 aromatic carbocycles. The molecular weight excluding hydrogens is 320 g/mol. The minimum atomic E-state index is -0.957. The van der Waals surface area contributed by atoms with Crippen LogP contribution < -0.4 is 0 Å². The Hall–Kier alpha value is -1.75. The number of aromatic carboxylic acids is 1. The van der Waals surface area contributed by atoms with Gasteiger partial charge in [-0.2, -0.15) is 0 Å². The lowest BCUT2D eigenvalue weighted by molar-refractivity contribution is 0.0694. The van der Waals surface area contributed by atoms with Gasteiger partial charge in [-0.25, -0.2) is 14.8 Å². The third-order valence-electron chi connectivity index (χ3n) is 3.38. The van der Waals surface area contributed by atoms with E-state index in [0.29, 0.717) is 11.5 Å². The number of halogens is 1. The first-order valence-corrected chi connectivity index (χ1v) is 7.22. The molecule has 1 saturated carbocycles. The number of carboxylic acid groups (broad SMARTS) is 1. The molecule has 0 spiro atoms. The van der Waals surface area contributed by atoms with Crippen LogP contribution in [0.1, 0.15) is 40.4 Å². The molecule has 2 aromatic rings. The molecule has 1 aliphatic rings. The summed E-state index contributed by atoms with van der Waals surface area (Å²) in [6.07, 6.45) is 3.43. The zero-order valence-corrected chi connectivity index (χ0v) is 12.5. The molecule has 0 radical (unpaired) electrons. The highest BCUT2D eigenvalue weighted by atomic mass is 79.9. The number of hydrogen-bond acceptors (Lipinski definition) is 3. The molecule has 1 fully saturated rings. The van der Waals surface area contributed by atoms with E-state index >= 15 is 0 Å². The van der Waals surface area contributed by atoms with Gasteiger partial charge in [0, 0.05) is 22.2 Å². The van der Waals surface area contributed by atoms with Gasteiger partial charge >= 0.3 is 5.97 Å². The summed E-state index contributed by atoms with van der Waals surface area (Å²) in [6.45, 7) is 2.01. The predicted molar refractivity (Wildman–Crippen MR) is 78.8 cm³/mol. The van der Waals surface area contributed by atoms with Crippen LogP contribution in [-0.2, 0) is 0 Å². The number of aromatic nitrogens is 2. The van der Waals surface area contributed by atoms with Gasteiger partial charge in [0.2, 0.25) is 0 Å². The first-order chi connectivity index (χ1) is 9.56. The molecule has 0 amide bonds. The van der Waals surface area contributed by atoms with Crippen molar-refractivity contribution in [3.8, 4) is 11.4 Å². The summed E-state index contributed by atoms with van der Waals surface area (Å²) in [7, 11) is 0. The Labute approximate surface area is 125 Å². The lowest BCUT2D eigenvalue weighted by atomic mass is 10.1. The van der Waals surface area contributed by atoms with Crippen molar-refractivity contribution in [2.24, 2.45) is 0 Å². The lowest BCUT2D eigenvalue weighted by Gasteiger charge is -2.08. The van der Waals surface area contributed by atoms with Gasteiger partial charge in [-0.3, -0.25) is 0 Å². The van der Waals surface area contributed by atoms with Crippen LogP contribution in [0.15, 0.2) is 28.9 Å². The second kappa shape index (κ2) is 4.98. The van der Waals surface area contributed by atoms with Crippen molar-refractivity contribution in [2.45, 2.75) is 25.7 Å². The summed E-state index contributed by atoms with van der Waals surface area (Å²) >= 11 is 3.51. The zero-order valence-electron chi connectivity index (χ0n) is 10.9. The molecule has 1 aliphatic carbocycles. The minimum Gasteiger partial charge on any atom is -0.478 e. The van der Waals surface area contributed by atoms with Crippen LogP contribution >= 0.6 is 15.9 Å². The molecule has 1 heterocycles. The second-order valence-electron chi connectivity index (χ2n) is 5.06. The Bertz CT molecular complexity index is 696. The Balaban J connectivity index is 2.10. The van der Waals surface area contributed by atoms with Crippen molar-refractivity contribution in [2.75, 3.05) is 0 Å². The minimum absolute atomic E-state index is 0.222. The number of carboxylic acids is 1. The quantitative estimate of drug-likeness (QED) is 0.928. The predicted octanol–water partition coefficient (Wildman–Crippen LogP) is 3.79. The van der Waals surface area contributed by atoms with E-state index in [1.165, 1.54) is 6.20 Å². The fraction of sp³-hybridized carbons (Fsp3) is 0.267. The highest BCUT2D eigenvalue weighted by Crippen LogP contribution is 2.41. The van der Waals surface area contributed by atoms with Crippen LogP contribution in [0.25, 0.3) is 11.4 Å². The highest BCUT2D eigenvalue weighted by molar-refractivity contribution is 9.10. The third-order valence-corrected chi connectivity index (χ3v) is 4.03. The van der Waals surface area contributed by atoms with Crippen LogP contribution in [0, 0.1) is 6.92 Å². The van der Waals surface area contributed by atoms with Crippen molar-refractivity contribution < 1.29 is 9.90 Å². The number of aryl methyl sites for hydroxylation is 1. The molecule has 20 heavy (non-hydrogen) atoms. The maximum atomic E-state index is 11.2. The number of benzene rings is 1. The van der Waals surface area contributed by atoms with Gasteiger partial charge in [0.05, 0.1) is 11.3 Å². The number of hydrogen-bond donors (Lipinski definition) is 1. The van der Waals surface area contributed by atoms with Gasteiger partial charge in [0.15, 0.2) is 5.82 Å². The van der Waals surface area contributed by atoms with Crippen LogP contribution in [-0.4, -0.2) is 21.0 Å². The van der Waals surface area contributed by atoms with Gasteiger partial charge < -0.3 is 5.11 Å². The molecule has 1 aromatic heterocycles. The molecule has 5 heteroatoms. The summed E-state index contributed by atoms with van der Waals surface area (Å²) in [5, 5.41) is 9.21. The Morgan fingerprint density at radius 3 is 2.75 bits per heavy atom. The molecule has 0 unspecified atom stereocenters. The number of carbonyl (C=O) groups is 1. The van der Waals surface area contributed by atoms with Gasteiger partial charge in [-0.15, -0.1) is 0 Å². The van der Waals surface area contributed by atoms with E-state index < -0.39 is 5.97 Å². The van der Waals surface area contributed by atoms with E-state index in [-0.39, 0.29) is 11.5 Å². The van der Waals surface area contributed by atoms with E-state index in [2.05, 4.69) is 25.9 Å². The number of rotatable bonds is 3. The van der Waals surface area contributed by atoms with Crippen LogP contribution in [0.2, 0.25) is 0 Å². The van der Waals surface area contributed by atoms with E-state index in [9.17, 15) is 9.90 Å². The van der Waals surface area contributed by atoms with Crippen LogP contribution in [0.3, 0.4) is 0 Å². The Morgan fingerprint density at radius 2 is 2.15 bits per heavy atom. The zero-order chi connectivity index (χ0) is 14.3. The van der Waals surface area contributed by atoms with Crippen molar-refractivity contribution in [3.63, 3.8) is 0 Å². The standard InChI is InChI=1S/C15H13BrN2O2/c1-8-2-5-10(12(16)6-8)14-17-7-11(15(19)20)13(18-14)9-3-4-9/h2,5-7,9H,3-4H2,1H3,(H,19,20). The molecular formula is C15H13BrN2O2.